The SMILES string of the molecule is COCCOc1ccc(N2CCN(c3nc4c(Cl)nc(-c5cc(C)c(C)o5)nc4n3C3CCCCO3)CC2)cc1. The van der Waals surface area contributed by atoms with Crippen LogP contribution in [0.5, 0.6) is 5.75 Å². The van der Waals surface area contributed by atoms with E-state index >= 15 is 0 Å². The number of anilines is 2. The normalized spacial score (nSPS) is 18.1. The molecule has 6 rings (SSSR count). The van der Waals surface area contributed by atoms with Crippen molar-refractivity contribution >= 4 is 34.4 Å². The van der Waals surface area contributed by atoms with E-state index in [-0.39, 0.29) is 6.23 Å². The van der Waals surface area contributed by atoms with Crippen molar-refractivity contribution < 1.29 is 18.6 Å². The molecule has 1 aromatic carbocycles. The van der Waals surface area contributed by atoms with Gasteiger partial charge in [-0.1, -0.05) is 11.6 Å². The zero-order chi connectivity index (χ0) is 27.6. The summed E-state index contributed by atoms with van der Waals surface area (Å²) in [5, 5.41) is 0.314. The lowest BCUT2D eigenvalue weighted by Gasteiger charge is -2.37. The number of aryl methyl sites for hydroxylation is 2. The topological polar surface area (TPSA) is 90.9 Å². The van der Waals surface area contributed by atoms with Gasteiger partial charge in [0.25, 0.3) is 0 Å². The van der Waals surface area contributed by atoms with Gasteiger partial charge in [0.15, 0.2) is 22.4 Å². The number of halogens is 1. The summed E-state index contributed by atoms with van der Waals surface area (Å²) in [5.74, 6) is 3.56. The van der Waals surface area contributed by atoms with Gasteiger partial charge in [-0.25, -0.2) is 15.0 Å². The van der Waals surface area contributed by atoms with Crippen LogP contribution >= 0.6 is 11.6 Å². The summed E-state index contributed by atoms with van der Waals surface area (Å²) >= 11 is 6.72. The Balaban J connectivity index is 1.27. The number of methoxy groups -OCH3 is 1. The Morgan fingerprint density at radius 2 is 1.75 bits per heavy atom. The summed E-state index contributed by atoms with van der Waals surface area (Å²) in [5.41, 5.74) is 3.48. The minimum absolute atomic E-state index is 0.156. The number of piperazine rings is 1. The zero-order valence-electron chi connectivity index (χ0n) is 23.2. The zero-order valence-corrected chi connectivity index (χ0v) is 24.0. The van der Waals surface area contributed by atoms with Crippen molar-refractivity contribution in [3.63, 3.8) is 0 Å². The predicted octanol–water partition coefficient (Wildman–Crippen LogP) is 5.41. The Labute approximate surface area is 238 Å². The van der Waals surface area contributed by atoms with Gasteiger partial charge in [-0.2, -0.15) is 0 Å². The third kappa shape index (κ3) is 5.35. The first-order valence-electron chi connectivity index (χ1n) is 13.9. The Kier molecular flexibility index (Phi) is 7.82. The van der Waals surface area contributed by atoms with E-state index in [1.54, 1.807) is 7.11 Å². The second kappa shape index (κ2) is 11.6. The van der Waals surface area contributed by atoms with Gasteiger partial charge in [-0.3, -0.25) is 4.57 Å². The van der Waals surface area contributed by atoms with Gasteiger partial charge in [-0.05, 0) is 69.0 Å². The molecule has 2 aliphatic rings. The van der Waals surface area contributed by atoms with Crippen molar-refractivity contribution in [3.8, 4) is 17.3 Å². The minimum atomic E-state index is -0.156. The molecule has 212 valence electrons. The number of rotatable bonds is 8. The first kappa shape index (κ1) is 26.9. The molecule has 5 heterocycles. The van der Waals surface area contributed by atoms with Gasteiger partial charge in [0.2, 0.25) is 5.95 Å². The van der Waals surface area contributed by atoms with Gasteiger partial charge in [0.1, 0.15) is 29.9 Å². The van der Waals surface area contributed by atoms with Crippen LogP contribution in [-0.4, -0.2) is 72.6 Å². The molecule has 0 N–H and O–H groups in total. The third-order valence-corrected chi connectivity index (χ3v) is 7.89. The van der Waals surface area contributed by atoms with Crippen LogP contribution in [0.15, 0.2) is 34.7 Å². The molecule has 0 bridgehead atoms. The summed E-state index contributed by atoms with van der Waals surface area (Å²) in [4.78, 5) is 19.1. The molecule has 4 aromatic rings. The van der Waals surface area contributed by atoms with E-state index in [2.05, 4.69) is 31.5 Å². The molecular weight excluding hydrogens is 532 g/mol. The van der Waals surface area contributed by atoms with Crippen molar-refractivity contribution in [1.29, 1.82) is 0 Å². The molecule has 0 aliphatic carbocycles. The fourth-order valence-electron chi connectivity index (χ4n) is 5.30. The van der Waals surface area contributed by atoms with Crippen molar-refractivity contribution in [2.24, 2.45) is 0 Å². The number of benzene rings is 1. The highest BCUT2D eigenvalue weighted by atomic mass is 35.5. The van der Waals surface area contributed by atoms with Gasteiger partial charge >= 0.3 is 0 Å². The number of hydrogen-bond donors (Lipinski definition) is 0. The summed E-state index contributed by atoms with van der Waals surface area (Å²) in [7, 11) is 1.67. The number of hydrogen-bond acceptors (Lipinski definition) is 9. The second-order valence-electron chi connectivity index (χ2n) is 10.3. The maximum atomic E-state index is 6.72. The van der Waals surface area contributed by atoms with Gasteiger partial charge in [0, 0.05) is 45.6 Å². The third-order valence-electron chi connectivity index (χ3n) is 7.63. The van der Waals surface area contributed by atoms with Gasteiger partial charge < -0.3 is 28.4 Å². The molecule has 3 aromatic heterocycles. The van der Waals surface area contributed by atoms with Crippen LogP contribution in [0.4, 0.5) is 11.6 Å². The number of furan rings is 1. The molecule has 10 nitrogen and oxygen atoms in total. The fourth-order valence-corrected chi connectivity index (χ4v) is 5.51. The monoisotopic (exact) mass is 566 g/mol. The lowest BCUT2D eigenvalue weighted by molar-refractivity contribution is -0.0289. The average molecular weight is 567 g/mol. The second-order valence-corrected chi connectivity index (χ2v) is 10.6. The van der Waals surface area contributed by atoms with E-state index in [0.717, 1.165) is 68.5 Å². The maximum Gasteiger partial charge on any atom is 0.210 e. The minimum Gasteiger partial charge on any atom is -0.491 e. The summed E-state index contributed by atoms with van der Waals surface area (Å²) in [6.07, 6.45) is 2.88. The van der Waals surface area contributed by atoms with E-state index < -0.39 is 0 Å². The maximum absolute atomic E-state index is 6.72. The Bertz CT molecular complexity index is 1440. The smallest absolute Gasteiger partial charge is 0.210 e. The van der Waals surface area contributed by atoms with Crippen LogP contribution in [0.1, 0.15) is 36.8 Å². The molecular formula is C29H35ClN6O4. The molecule has 2 fully saturated rings. The summed E-state index contributed by atoms with van der Waals surface area (Å²) in [6, 6.07) is 10.2. The Hall–Kier alpha value is -3.34. The lowest BCUT2D eigenvalue weighted by Crippen LogP contribution is -2.47. The molecule has 0 amide bonds. The molecule has 0 saturated carbocycles. The van der Waals surface area contributed by atoms with Crippen LogP contribution in [0.2, 0.25) is 5.15 Å². The van der Waals surface area contributed by atoms with E-state index in [4.69, 9.17) is 40.2 Å². The van der Waals surface area contributed by atoms with Gasteiger partial charge in [-0.15, -0.1) is 0 Å². The van der Waals surface area contributed by atoms with E-state index in [0.29, 0.717) is 47.7 Å². The van der Waals surface area contributed by atoms with Crippen LogP contribution < -0.4 is 14.5 Å². The molecule has 11 heteroatoms. The standard InChI is InChI=1S/C29H35ClN6O4/c1-19-18-23(40-20(19)2)27-32-26(30)25-28(33-27)36(24-6-4-5-15-39-24)29(31-25)35-13-11-34(12-14-35)21-7-9-22(10-8-21)38-17-16-37-3/h7-10,18,24H,4-6,11-17H2,1-3H3. The number of imidazole rings is 1. The lowest BCUT2D eigenvalue weighted by atomic mass is 10.2. The van der Waals surface area contributed by atoms with E-state index in [1.807, 2.05) is 32.0 Å². The van der Waals surface area contributed by atoms with Gasteiger partial charge in [0.05, 0.1) is 6.61 Å². The molecule has 40 heavy (non-hydrogen) atoms. The highest BCUT2D eigenvalue weighted by Gasteiger charge is 2.30. The number of nitrogens with zero attached hydrogens (tertiary/aromatic N) is 6. The van der Waals surface area contributed by atoms with E-state index in [1.165, 1.54) is 5.69 Å². The number of aromatic nitrogens is 4. The summed E-state index contributed by atoms with van der Waals surface area (Å²) in [6.45, 7) is 9.08. The quantitative estimate of drug-likeness (QED) is 0.205. The van der Waals surface area contributed by atoms with Crippen molar-refractivity contribution in [3.05, 3.63) is 46.8 Å². The molecule has 2 aliphatic heterocycles. The van der Waals surface area contributed by atoms with Crippen molar-refractivity contribution in [2.45, 2.75) is 39.3 Å². The van der Waals surface area contributed by atoms with E-state index in [9.17, 15) is 0 Å². The number of ether oxygens (including phenoxy) is 3. The Morgan fingerprint density at radius 3 is 2.42 bits per heavy atom. The summed E-state index contributed by atoms with van der Waals surface area (Å²) < 4.78 is 25.1. The Morgan fingerprint density at radius 1 is 0.975 bits per heavy atom. The molecule has 0 spiro atoms. The first-order chi connectivity index (χ1) is 19.5. The van der Waals surface area contributed by atoms with Crippen LogP contribution in [0.3, 0.4) is 0 Å². The van der Waals surface area contributed by atoms with Crippen LogP contribution in [0, 0.1) is 13.8 Å². The molecule has 1 atom stereocenters. The van der Waals surface area contributed by atoms with Crippen molar-refractivity contribution in [1.82, 2.24) is 19.5 Å². The highest BCUT2D eigenvalue weighted by Crippen LogP contribution is 2.36. The largest absolute Gasteiger partial charge is 0.491 e. The molecule has 2 saturated heterocycles. The highest BCUT2D eigenvalue weighted by molar-refractivity contribution is 6.33. The first-order valence-corrected chi connectivity index (χ1v) is 14.3. The van der Waals surface area contributed by atoms with Crippen molar-refractivity contribution in [2.75, 3.05) is 62.9 Å². The van der Waals surface area contributed by atoms with Crippen LogP contribution in [0.25, 0.3) is 22.7 Å². The predicted molar refractivity (Wildman–Crippen MR) is 155 cm³/mol. The molecule has 0 radical (unpaired) electrons. The molecule has 1 unspecified atom stereocenters. The number of fused-ring (bicyclic) bond motifs is 1. The average Bonchev–Trinajstić information content (AvgIpc) is 3.54. The fraction of sp³-hybridized carbons (Fsp3) is 0.483. The van der Waals surface area contributed by atoms with Crippen LogP contribution in [-0.2, 0) is 9.47 Å².